The molecule has 1 heterocycles. The van der Waals surface area contributed by atoms with Crippen molar-refractivity contribution in [3.63, 3.8) is 0 Å². The van der Waals surface area contributed by atoms with E-state index in [9.17, 15) is 0 Å². The number of aromatic nitrogens is 2. The van der Waals surface area contributed by atoms with Gasteiger partial charge in [-0.15, -0.1) is 0 Å². The number of fused-ring (bicyclic) bond motifs is 1. The van der Waals surface area contributed by atoms with Gasteiger partial charge in [0.1, 0.15) is 0 Å². The molecule has 0 radical (unpaired) electrons. The summed E-state index contributed by atoms with van der Waals surface area (Å²) in [4.78, 5) is 9.20. The molecule has 1 fully saturated rings. The third-order valence-corrected chi connectivity index (χ3v) is 4.09. The number of nitrogens with zero attached hydrogens (tertiary/aromatic N) is 2. The van der Waals surface area contributed by atoms with Crippen molar-refractivity contribution in [2.75, 3.05) is 0 Å². The Labute approximate surface area is 113 Å². The Morgan fingerprint density at radius 2 is 1.84 bits per heavy atom. The van der Waals surface area contributed by atoms with Crippen LogP contribution in [0.5, 0.6) is 0 Å². The number of rotatable bonds is 3. The Bertz CT molecular complexity index is 549. The number of nitrogens with one attached hydrogen (secondary N) is 1. The van der Waals surface area contributed by atoms with Gasteiger partial charge < -0.3 is 0 Å². The molecule has 0 saturated heterocycles. The standard InChI is InChI=1S/C15H20N4/c16-19-15(11-6-2-1-3-7-11)14-10-17-12-8-4-5-9-13(12)18-14/h4-5,8-11,15,19H,1-3,6-7,16H2. The molecule has 1 unspecified atom stereocenters. The van der Waals surface area contributed by atoms with Crippen molar-refractivity contribution in [1.29, 1.82) is 0 Å². The summed E-state index contributed by atoms with van der Waals surface area (Å²) in [7, 11) is 0. The molecule has 0 amide bonds. The monoisotopic (exact) mass is 256 g/mol. The molecular weight excluding hydrogens is 236 g/mol. The van der Waals surface area contributed by atoms with Crippen LogP contribution in [0.1, 0.15) is 43.8 Å². The maximum atomic E-state index is 5.76. The molecule has 0 aliphatic heterocycles. The number of benzene rings is 1. The largest absolute Gasteiger partial charge is 0.271 e. The molecular formula is C15H20N4. The van der Waals surface area contributed by atoms with Gasteiger partial charge in [0.25, 0.3) is 0 Å². The van der Waals surface area contributed by atoms with Crippen LogP contribution in [-0.4, -0.2) is 9.97 Å². The van der Waals surface area contributed by atoms with E-state index in [1.807, 2.05) is 30.5 Å². The summed E-state index contributed by atoms with van der Waals surface area (Å²) < 4.78 is 0. The predicted molar refractivity (Wildman–Crippen MR) is 76.2 cm³/mol. The van der Waals surface area contributed by atoms with Gasteiger partial charge in [0, 0.05) is 0 Å². The van der Waals surface area contributed by atoms with E-state index in [0.717, 1.165) is 16.7 Å². The highest BCUT2D eigenvalue weighted by atomic mass is 15.2. The molecule has 1 aromatic heterocycles. The highest BCUT2D eigenvalue weighted by Gasteiger charge is 2.25. The van der Waals surface area contributed by atoms with Crippen molar-refractivity contribution in [2.45, 2.75) is 38.1 Å². The van der Waals surface area contributed by atoms with Crippen LogP contribution in [0.25, 0.3) is 11.0 Å². The van der Waals surface area contributed by atoms with Crippen LogP contribution in [-0.2, 0) is 0 Å². The van der Waals surface area contributed by atoms with Gasteiger partial charge in [0.2, 0.25) is 0 Å². The summed E-state index contributed by atoms with van der Waals surface area (Å²) in [6.45, 7) is 0. The third-order valence-electron chi connectivity index (χ3n) is 4.09. The van der Waals surface area contributed by atoms with Gasteiger partial charge in [0.15, 0.2) is 0 Å². The van der Waals surface area contributed by atoms with E-state index >= 15 is 0 Å². The van der Waals surface area contributed by atoms with Gasteiger partial charge in [0.05, 0.1) is 29.0 Å². The van der Waals surface area contributed by atoms with Crippen LogP contribution in [0.3, 0.4) is 0 Å². The highest BCUT2D eigenvalue weighted by molar-refractivity contribution is 5.73. The molecule has 100 valence electrons. The molecule has 1 saturated carbocycles. The maximum absolute atomic E-state index is 5.76. The summed E-state index contributed by atoms with van der Waals surface area (Å²) in [5, 5.41) is 0. The Balaban J connectivity index is 1.91. The van der Waals surface area contributed by atoms with Gasteiger partial charge >= 0.3 is 0 Å². The minimum atomic E-state index is 0.123. The van der Waals surface area contributed by atoms with Crippen molar-refractivity contribution in [3.05, 3.63) is 36.2 Å². The topological polar surface area (TPSA) is 63.8 Å². The Kier molecular flexibility index (Phi) is 3.71. The molecule has 1 aliphatic rings. The SMILES string of the molecule is NNC(c1cnc2ccccc2n1)C1CCCCC1. The van der Waals surface area contributed by atoms with Crippen molar-refractivity contribution < 1.29 is 0 Å². The van der Waals surface area contributed by atoms with Crippen LogP contribution in [0.2, 0.25) is 0 Å². The summed E-state index contributed by atoms with van der Waals surface area (Å²) in [5.74, 6) is 6.34. The molecule has 2 aromatic rings. The van der Waals surface area contributed by atoms with Crippen LogP contribution >= 0.6 is 0 Å². The zero-order chi connectivity index (χ0) is 13.1. The second-order valence-electron chi connectivity index (χ2n) is 5.33. The second-order valence-corrected chi connectivity index (χ2v) is 5.33. The first-order valence-electron chi connectivity index (χ1n) is 7.06. The van der Waals surface area contributed by atoms with E-state index in [1.165, 1.54) is 32.1 Å². The fraction of sp³-hybridized carbons (Fsp3) is 0.467. The molecule has 0 bridgehead atoms. The number of hydrazine groups is 1. The molecule has 4 nitrogen and oxygen atoms in total. The summed E-state index contributed by atoms with van der Waals surface area (Å²) >= 11 is 0. The lowest BCUT2D eigenvalue weighted by Crippen LogP contribution is -2.35. The number of hydrogen-bond donors (Lipinski definition) is 2. The lowest BCUT2D eigenvalue weighted by molar-refractivity contribution is 0.269. The third kappa shape index (κ3) is 2.60. The Morgan fingerprint density at radius 3 is 2.58 bits per heavy atom. The Hall–Kier alpha value is -1.52. The van der Waals surface area contributed by atoms with E-state index in [4.69, 9.17) is 10.8 Å². The van der Waals surface area contributed by atoms with Crippen molar-refractivity contribution >= 4 is 11.0 Å². The lowest BCUT2D eigenvalue weighted by Gasteiger charge is -2.29. The molecule has 3 rings (SSSR count). The predicted octanol–water partition coefficient (Wildman–Crippen LogP) is 2.71. The van der Waals surface area contributed by atoms with E-state index in [0.29, 0.717) is 5.92 Å². The number of para-hydroxylation sites is 2. The van der Waals surface area contributed by atoms with Crippen molar-refractivity contribution in [3.8, 4) is 0 Å². The zero-order valence-electron chi connectivity index (χ0n) is 11.0. The van der Waals surface area contributed by atoms with E-state index < -0.39 is 0 Å². The number of nitrogens with two attached hydrogens (primary N) is 1. The molecule has 1 aliphatic carbocycles. The fourth-order valence-electron chi connectivity index (χ4n) is 3.05. The average molecular weight is 256 g/mol. The molecule has 1 atom stereocenters. The highest BCUT2D eigenvalue weighted by Crippen LogP contribution is 2.33. The van der Waals surface area contributed by atoms with Crippen LogP contribution in [0.15, 0.2) is 30.5 Å². The zero-order valence-corrected chi connectivity index (χ0v) is 11.0. The van der Waals surface area contributed by atoms with Gasteiger partial charge in [-0.1, -0.05) is 31.4 Å². The van der Waals surface area contributed by atoms with E-state index in [1.54, 1.807) is 0 Å². The summed E-state index contributed by atoms with van der Waals surface area (Å²) in [5.41, 5.74) is 5.79. The fourth-order valence-corrected chi connectivity index (χ4v) is 3.05. The maximum Gasteiger partial charge on any atom is 0.0890 e. The molecule has 19 heavy (non-hydrogen) atoms. The summed E-state index contributed by atoms with van der Waals surface area (Å²) in [6.07, 6.45) is 8.25. The summed E-state index contributed by atoms with van der Waals surface area (Å²) in [6, 6.07) is 8.08. The van der Waals surface area contributed by atoms with Crippen molar-refractivity contribution in [2.24, 2.45) is 11.8 Å². The first-order valence-corrected chi connectivity index (χ1v) is 7.06. The van der Waals surface area contributed by atoms with E-state index in [2.05, 4.69) is 10.4 Å². The van der Waals surface area contributed by atoms with Gasteiger partial charge in [-0.05, 0) is 30.9 Å². The average Bonchev–Trinajstić information content (AvgIpc) is 2.49. The van der Waals surface area contributed by atoms with E-state index in [-0.39, 0.29) is 6.04 Å². The second kappa shape index (κ2) is 5.63. The first-order chi connectivity index (χ1) is 9.38. The minimum absolute atomic E-state index is 0.123. The van der Waals surface area contributed by atoms with Gasteiger partial charge in [-0.25, -0.2) is 4.98 Å². The van der Waals surface area contributed by atoms with Crippen LogP contribution in [0.4, 0.5) is 0 Å². The molecule has 3 N–H and O–H groups in total. The Morgan fingerprint density at radius 1 is 1.11 bits per heavy atom. The quantitative estimate of drug-likeness (QED) is 0.654. The molecule has 1 aromatic carbocycles. The molecule has 0 spiro atoms. The number of hydrogen-bond acceptors (Lipinski definition) is 4. The first kappa shape index (κ1) is 12.5. The van der Waals surface area contributed by atoms with Crippen LogP contribution in [0, 0.1) is 5.92 Å². The molecule has 4 heteroatoms. The van der Waals surface area contributed by atoms with Gasteiger partial charge in [-0.2, -0.15) is 0 Å². The van der Waals surface area contributed by atoms with Gasteiger partial charge in [-0.3, -0.25) is 16.3 Å². The lowest BCUT2D eigenvalue weighted by atomic mass is 9.83. The van der Waals surface area contributed by atoms with Crippen LogP contribution < -0.4 is 11.3 Å². The minimum Gasteiger partial charge on any atom is -0.271 e. The van der Waals surface area contributed by atoms with Crippen molar-refractivity contribution in [1.82, 2.24) is 15.4 Å². The normalized spacial score (nSPS) is 18.6. The smallest absolute Gasteiger partial charge is 0.0890 e.